The Morgan fingerprint density at radius 3 is 2.45 bits per heavy atom. The molecule has 0 amide bonds. The fourth-order valence-electron chi connectivity index (χ4n) is 4.82. The van der Waals surface area contributed by atoms with E-state index in [9.17, 15) is 14.0 Å². The van der Waals surface area contributed by atoms with Crippen molar-refractivity contribution >= 4 is 29.2 Å². The average Bonchev–Trinajstić information content (AvgIpc) is 3.36. The first-order chi connectivity index (χ1) is 20.0. The van der Waals surface area contributed by atoms with Gasteiger partial charge in [0.05, 0.1) is 37.7 Å². The predicted octanol–water partition coefficient (Wildman–Crippen LogP) is 5.50. The van der Waals surface area contributed by atoms with Crippen LogP contribution in [0.3, 0.4) is 0 Å². The maximum Gasteiger partial charge on any atom is 0.359 e. The van der Waals surface area contributed by atoms with Gasteiger partial charge in [-0.1, -0.05) is 43.1 Å². The Morgan fingerprint density at radius 2 is 1.86 bits per heavy atom. The molecule has 1 atom stereocenters. The number of aromatic nitrogens is 5. The van der Waals surface area contributed by atoms with Gasteiger partial charge >= 0.3 is 12.0 Å². The highest BCUT2D eigenvalue weighted by Gasteiger charge is 2.34. The summed E-state index contributed by atoms with van der Waals surface area (Å²) in [6.07, 6.45) is 3.35. The predicted molar refractivity (Wildman–Crippen MR) is 156 cm³/mol. The number of carbonyl (C=O) groups excluding carboxylic acids is 1. The topological polar surface area (TPSA) is 110 Å². The summed E-state index contributed by atoms with van der Waals surface area (Å²) >= 11 is 12.3. The van der Waals surface area contributed by atoms with Crippen LogP contribution in [0.1, 0.15) is 65.5 Å². The third-order valence-corrected chi connectivity index (χ3v) is 7.20. The van der Waals surface area contributed by atoms with E-state index in [1.807, 2.05) is 13.8 Å². The molecule has 0 fully saturated rings. The number of methoxy groups -OCH3 is 2. The molecular weight excluding hydrogens is 588 g/mol. The summed E-state index contributed by atoms with van der Waals surface area (Å²) in [5.74, 6) is -2.00. The maximum atomic E-state index is 14.9. The average molecular weight is 618 g/mol. The summed E-state index contributed by atoms with van der Waals surface area (Å²) in [4.78, 5) is 34.3. The van der Waals surface area contributed by atoms with Crippen molar-refractivity contribution < 1.29 is 23.4 Å². The molecule has 0 saturated carbocycles. The van der Waals surface area contributed by atoms with Gasteiger partial charge in [0.2, 0.25) is 5.88 Å². The summed E-state index contributed by atoms with van der Waals surface area (Å²) in [5.41, 5.74) is 2.31. The number of carbonyl (C=O) groups is 1. The van der Waals surface area contributed by atoms with Gasteiger partial charge in [0.1, 0.15) is 16.5 Å². The van der Waals surface area contributed by atoms with E-state index < -0.39 is 17.7 Å². The van der Waals surface area contributed by atoms with Crippen molar-refractivity contribution in [3.8, 4) is 17.6 Å². The molecule has 0 bridgehead atoms. The Kier molecular flexibility index (Phi) is 9.53. The van der Waals surface area contributed by atoms with Gasteiger partial charge in [0.25, 0.3) is 5.56 Å². The highest BCUT2D eigenvalue weighted by atomic mass is 35.5. The first kappa shape index (κ1) is 31.0. The minimum Gasteiger partial charge on any atom is -0.479 e. The number of pyridine rings is 1. The molecule has 4 aromatic rings. The van der Waals surface area contributed by atoms with E-state index in [0.717, 1.165) is 0 Å². The smallest absolute Gasteiger partial charge is 0.359 e. The molecule has 1 unspecified atom stereocenters. The van der Waals surface area contributed by atoms with Crippen LogP contribution < -0.4 is 15.0 Å². The Labute approximate surface area is 252 Å². The standard InChI is InChI=1S/C29H30Cl2FN5O5/c1-7-42-28(39)24-23(25(15(2)3)37(35-24)22-13-33-29(41-6)34-26(22)40-5)18(17-8-9-19(30)21(32)12-17)10-16-11-20(31)27(38)36(4)14-16/h8-9,11-15,18H,7,10H2,1-6H3. The SMILES string of the molecule is CCOC(=O)c1nn(-c2cnc(OC)nc2OC)c(C(C)C)c1C(Cc1cc(Cl)c(=O)n(C)c1)c1ccc(Cl)c(F)c1. The lowest BCUT2D eigenvalue weighted by molar-refractivity contribution is 0.0517. The van der Waals surface area contributed by atoms with E-state index in [1.165, 1.54) is 41.8 Å². The molecule has 13 heteroatoms. The minimum atomic E-state index is -0.667. The lowest BCUT2D eigenvalue weighted by Gasteiger charge is -2.22. The van der Waals surface area contributed by atoms with Gasteiger partial charge in [0, 0.05) is 24.7 Å². The number of halogens is 3. The van der Waals surface area contributed by atoms with E-state index in [0.29, 0.717) is 28.1 Å². The van der Waals surface area contributed by atoms with Crippen LogP contribution in [-0.2, 0) is 18.2 Å². The lowest BCUT2D eigenvalue weighted by Crippen LogP contribution is -2.19. The summed E-state index contributed by atoms with van der Waals surface area (Å²) in [7, 11) is 4.46. The maximum absolute atomic E-state index is 14.9. The molecule has 0 spiro atoms. The van der Waals surface area contributed by atoms with Gasteiger partial charge in [-0.05, 0) is 48.6 Å². The quantitative estimate of drug-likeness (QED) is 0.215. The summed E-state index contributed by atoms with van der Waals surface area (Å²) in [5, 5.41) is 4.68. The zero-order valence-corrected chi connectivity index (χ0v) is 25.5. The Balaban J connectivity index is 2.07. The van der Waals surface area contributed by atoms with Crippen LogP contribution in [0.2, 0.25) is 10.0 Å². The van der Waals surface area contributed by atoms with Crippen LogP contribution in [0.5, 0.6) is 11.9 Å². The monoisotopic (exact) mass is 617 g/mol. The largest absolute Gasteiger partial charge is 0.479 e. The number of rotatable bonds is 10. The first-order valence-electron chi connectivity index (χ1n) is 13.1. The van der Waals surface area contributed by atoms with Crippen LogP contribution in [0.25, 0.3) is 5.69 Å². The van der Waals surface area contributed by atoms with E-state index in [-0.39, 0.29) is 52.1 Å². The fraction of sp³-hybridized carbons (Fsp3) is 0.345. The molecule has 0 aliphatic carbocycles. The van der Waals surface area contributed by atoms with Gasteiger partial charge in [0.15, 0.2) is 5.69 Å². The molecule has 0 radical (unpaired) electrons. The Morgan fingerprint density at radius 1 is 1.12 bits per heavy atom. The fourth-order valence-corrected chi connectivity index (χ4v) is 5.21. The van der Waals surface area contributed by atoms with Gasteiger partial charge < -0.3 is 18.8 Å². The van der Waals surface area contributed by atoms with Crippen molar-refractivity contribution in [1.29, 1.82) is 0 Å². The molecule has 222 valence electrons. The second kappa shape index (κ2) is 12.9. The Bertz CT molecular complexity index is 1660. The molecule has 10 nitrogen and oxygen atoms in total. The minimum absolute atomic E-state index is 0.0229. The molecule has 0 saturated heterocycles. The van der Waals surface area contributed by atoms with Gasteiger partial charge in [-0.3, -0.25) is 4.79 Å². The van der Waals surface area contributed by atoms with Crippen molar-refractivity contribution in [2.24, 2.45) is 7.05 Å². The molecule has 3 aromatic heterocycles. The van der Waals surface area contributed by atoms with E-state index in [1.54, 1.807) is 32.3 Å². The molecular formula is C29H30Cl2FN5O5. The van der Waals surface area contributed by atoms with Crippen molar-refractivity contribution in [2.75, 3.05) is 20.8 Å². The molecule has 0 N–H and O–H groups in total. The summed E-state index contributed by atoms with van der Waals surface area (Å²) in [6, 6.07) is 6.11. The van der Waals surface area contributed by atoms with Gasteiger partial charge in [-0.2, -0.15) is 10.1 Å². The highest BCUT2D eigenvalue weighted by Crippen LogP contribution is 2.40. The van der Waals surface area contributed by atoms with Crippen LogP contribution in [-0.4, -0.2) is 51.1 Å². The highest BCUT2D eigenvalue weighted by molar-refractivity contribution is 6.30. The molecule has 42 heavy (non-hydrogen) atoms. The van der Waals surface area contributed by atoms with Crippen molar-refractivity contribution in [3.05, 3.63) is 91.0 Å². The normalized spacial score (nSPS) is 12.0. The van der Waals surface area contributed by atoms with E-state index in [4.69, 9.17) is 42.5 Å². The van der Waals surface area contributed by atoms with E-state index in [2.05, 4.69) is 9.97 Å². The number of hydrogen-bond acceptors (Lipinski definition) is 8. The number of esters is 1. The van der Waals surface area contributed by atoms with Crippen molar-refractivity contribution in [3.63, 3.8) is 0 Å². The van der Waals surface area contributed by atoms with E-state index >= 15 is 0 Å². The van der Waals surface area contributed by atoms with Crippen LogP contribution in [0, 0.1) is 5.82 Å². The number of nitrogens with zero attached hydrogens (tertiary/aromatic N) is 5. The van der Waals surface area contributed by atoms with Crippen molar-refractivity contribution in [1.82, 2.24) is 24.3 Å². The van der Waals surface area contributed by atoms with Crippen molar-refractivity contribution in [2.45, 2.75) is 39.0 Å². The van der Waals surface area contributed by atoms with Crippen LogP contribution in [0.15, 0.2) is 41.5 Å². The van der Waals surface area contributed by atoms with Gasteiger partial charge in [-0.25, -0.2) is 18.9 Å². The number of ether oxygens (including phenoxy) is 3. The number of aryl methyl sites for hydroxylation is 1. The lowest BCUT2D eigenvalue weighted by atomic mass is 9.83. The first-order valence-corrected chi connectivity index (χ1v) is 13.8. The molecule has 0 aliphatic heterocycles. The van der Waals surface area contributed by atoms with Crippen LogP contribution >= 0.6 is 23.2 Å². The number of hydrogen-bond donors (Lipinski definition) is 0. The Hall–Kier alpha value is -3.96. The second-order valence-corrected chi connectivity index (χ2v) is 10.5. The third-order valence-electron chi connectivity index (χ3n) is 6.62. The third kappa shape index (κ3) is 6.12. The van der Waals surface area contributed by atoms with Crippen LogP contribution in [0.4, 0.5) is 4.39 Å². The van der Waals surface area contributed by atoms with Gasteiger partial charge in [-0.15, -0.1) is 0 Å². The molecule has 0 aliphatic rings. The molecule has 3 heterocycles. The zero-order chi connectivity index (χ0) is 30.7. The summed E-state index contributed by atoms with van der Waals surface area (Å²) < 4.78 is 33.9. The molecule has 4 rings (SSSR count). The molecule has 1 aromatic carbocycles. The second-order valence-electron chi connectivity index (χ2n) is 9.73. The summed E-state index contributed by atoms with van der Waals surface area (Å²) in [6.45, 7) is 5.67. The number of benzene rings is 1. The zero-order valence-electron chi connectivity index (χ0n) is 23.9.